The number of unbranched alkanes of at least 4 members (excludes halogenated alkanes) is 3. The molecule has 0 spiro atoms. The van der Waals surface area contributed by atoms with E-state index < -0.39 is 0 Å². The molecule has 0 bridgehead atoms. The summed E-state index contributed by atoms with van der Waals surface area (Å²) >= 11 is 0. The summed E-state index contributed by atoms with van der Waals surface area (Å²) in [5.74, 6) is 1.00. The van der Waals surface area contributed by atoms with E-state index in [-0.39, 0.29) is 0 Å². The minimum Gasteiger partial charge on any atom is -0.493 e. The molecule has 2 aromatic carbocycles. The van der Waals surface area contributed by atoms with E-state index in [1.165, 1.54) is 41.6 Å². The summed E-state index contributed by atoms with van der Waals surface area (Å²) in [7, 11) is 0. The fraction of sp³-hybridized carbons (Fsp3) is 0.429. The van der Waals surface area contributed by atoms with Gasteiger partial charge in [-0.3, -0.25) is 0 Å². The van der Waals surface area contributed by atoms with Gasteiger partial charge in [-0.15, -0.1) is 0 Å². The van der Waals surface area contributed by atoms with Crippen LogP contribution in [-0.4, -0.2) is 6.61 Å². The molecule has 23 heavy (non-hydrogen) atoms. The first-order valence-corrected chi connectivity index (χ1v) is 8.73. The average Bonchev–Trinajstić information content (AvgIpc) is 2.57. The third-order valence-electron chi connectivity index (χ3n) is 4.30. The molecule has 2 nitrogen and oxygen atoms in total. The average molecular weight is 311 g/mol. The van der Waals surface area contributed by atoms with Gasteiger partial charge >= 0.3 is 0 Å². The first-order chi connectivity index (χ1) is 11.2. The quantitative estimate of drug-likeness (QED) is 0.584. The van der Waals surface area contributed by atoms with Gasteiger partial charge in [0.1, 0.15) is 5.75 Å². The number of hydrogen-bond donors (Lipinski definition) is 1. The molecule has 0 heterocycles. The predicted molar refractivity (Wildman–Crippen MR) is 99.3 cm³/mol. The lowest BCUT2D eigenvalue weighted by Gasteiger charge is -2.15. The monoisotopic (exact) mass is 311 g/mol. The molecule has 2 aromatic rings. The van der Waals surface area contributed by atoms with Crippen LogP contribution >= 0.6 is 0 Å². The molecule has 2 heteroatoms. The lowest BCUT2D eigenvalue weighted by atomic mass is 10.1. The number of aryl methyl sites for hydroxylation is 1. The second kappa shape index (κ2) is 9.24. The Bertz CT molecular complexity index is 607. The Hall–Kier alpha value is -1.96. The summed E-state index contributed by atoms with van der Waals surface area (Å²) in [6.07, 6.45) is 4.93. The molecular weight excluding hydrogens is 282 g/mol. The first kappa shape index (κ1) is 17.4. The zero-order valence-electron chi connectivity index (χ0n) is 14.7. The third kappa shape index (κ3) is 5.31. The van der Waals surface area contributed by atoms with Crippen LogP contribution in [0.4, 0.5) is 5.69 Å². The van der Waals surface area contributed by atoms with E-state index >= 15 is 0 Å². The molecule has 0 atom stereocenters. The van der Waals surface area contributed by atoms with E-state index in [0.29, 0.717) is 0 Å². The Morgan fingerprint density at radius 3 is 2.57 bits per heavy atom. The van der Waals surface area contributed by atoms with Crippen LogP contribution in [0.2, 0.25) is 0 Å². The van der Waals surface area contributed by atoms with Crippen molar-refractivity contribution in [3.8, 4) is 5.75 Å². The normalized spacial score (nSPS) is 10.6. The summed E-state index contributed by atoms with van der Waals surface area (Å²) in [5.41, 5.74) is 5.03. The van der Waals surface area contributed by atoms with Crippen LogP contribution in [0.3, 0.4) is 0 Å². The molecule has 0 aliphatic heterocycles. The van der Waals surface area contributed by atoms with Gasteiger partial charge in [0.05, 0.1) is 6.61 Å². The van der Waals surface area contributed by atoms with E-state index in [4.69, 9.17) is 4.74 Å². The molecule has 0 aliphatic carbocycles. The van der Waals surface area contributed by atoms with Crippen LogP contribution in [0.1, 0.15) is 49.3 Å². The summed E-state index contributed by atoms with van der Waals surface area (Å²) in [6, 6.07) is 14.7. The summed E-state index contributed by atoms with van der Waals surface area (Å²) in [6.45, 7) is 8.13. The molecule has 0 radical (unpaired) electrons. The molecule has 0 amide bonds. The van der Waals surface area contributed by atoms with Gasteiger partial charge in [-0.2, -0.15) is 0 Å². The van der Waals surface area contributed by atoms with Crippen molar-refractivity contribution in [2.24, 2.45) is 0 Å². The third-order valence-corrected chi connectivity index (χ3v) is 4.30. The van der Waals surface area contributed by atoms with Gasteiger partial charge in [0.2, 0.25) is 0 Å². The second-order valence-corrected chi connectivity index (χ2v) is 6.12. The van der Waals surface area contributed by atoms with Crippen molar-refractivity contribution in [3.63, 3.8) is 0 Å². The Morgan fingerprint density at radius 2 is 1.74 bits per heavy atom. The molecular formula is C21H29NO. The van der Waals surface area contributed by atoms with Gasteiger partial charge in [-0.1, -0.05) is 56.5 Å². The number of hydrogen-bond acceptors (Lipinski definition) is 2. The highest BCUT2D eigenvalue weighted by molar-refractivity contribution is 5.54. The first-order valence-electron chi connectivity index (χ1n) is 8.73. The summed E-state index contributed by atoms with van der Waals surface area (Å²) < 4.78 is 5.99. The highest BCUT2D eigenvalue weighted by Crippen LogP contribution is 2.22. The van der Waals surface area contributed by atoms with Gasteiger partial charge in [0, 0.05) is 17.8 Å². The Kier molecular flexibility index (Phi) is 6.99. The molecule has 0 aliphatic rings. The fourth-order valence-corrected chi connectivity index (χ4v) is 2.63. The fourth-order valence-electron chi connectivity index (χ4n) is 2.63. The number of benzene rings is 2. The van der Waals surface area contributed by atoms with Gasteiger partial charge in [0.15, 0.2) is 0 Å². The number of rotatable bonds is 9. The number of ether oxygens (including phenoxy) is 1. The highest BCUT2D eigenvalue weighted by Gasteiger charge is 2.05. The molecule has 0 saturated heterocycles. The molecule has 1 N–H and O–H groups in total. The van der Waals surface area contributed by atoms with E-state index in [1.807, 2.05) is 6.07 Å². The Labute approximate surface area is 140 Å². The van der Waals surface area contributed by atoms with Crippen molar-refractivity contribution in [2.45, 2.75) is 53.0 Å². The van der Waals surface area contributed by atoms with Crippen molar-refractivity contribution in [3.05, 3.63) is 59.2 Å². The van der Waals surface area contributed by atoms with Gasteiger partial charge in [0.25, 0.3) is 0 Å². The van der Waals surface area contributed by atoms with Gasteiger partial charge in [-0.05, 0) is 43.5 Å². The second-order valence-electron chi connectivity index (χ2n) is 6.12. The predicted octanol–water partition coefficient (Wildman–Crippen LogP) is 5.87. The SMILES string of the molecule is CCCCCCOc1ccccc1CNc1cccc(C)c1C. The standard InChI is InChI=1S/C21H29NO/c1-4-5-6-9-15-23-21-14-8-7-12-19(21)16-22-20-13-10-11-17(2)18(20)3/h7-8,10-14,22H,4-6,9,15-16H2,1-3H3. The van der Waals surface area contributed by atoms with Crippen LogP contribution in [0.25, 0.3) is 0 Å². The zero-order chi connectivity index (χ0) is 16.5. The highest BCUT2D eigenvalue weighted by atomic mass is 16.5. The molecule has 0 fully saturated rings. The lowest BCUT2D eigenvalue weighted by Crippen LogP contribution is -2.05. The molecule has 124 valence electrons. The maximum atomic E-state index is 5.99. The largest absolute Gasteiger partial charge is 0.493 e. The minimum atomic E-state index is 0.787. The van der Waals surface area contributed by atoms with Crippen molar-refractivity contribution in [1.82, 2.24) is 0 Å². The molecule has 0 unspecified atom stereocenters. The van der Waals surface area contributed by atoms with Crippen molar-refractivity contribution in [1.29, 1.82) is 0 Å². The van der Waals surface area contributed by atoms with Crippen LogP contribution in [0.5, 0.6) is 5.75 Å². The molecule has 2 rings (SSSR count). The molecule has 0 saturated carbocycles. The van der Waals surface area contributed by atoms with Crippen LogP contribution < -0.4 is 10.1 Å². The molecule has 0 aromatic heterocycles. The lowest BCUT2D eigenvalue weighted by molar-refractivity contribution is 0.302. The Balaban J connectivity index is 1.93. The maximum Gasteiger partial charge on any atom is 0.124 e. The number of nitrogens with one attached hydrogen (secondary N) is 1. The summed E-state index contributed by atoms with van der Waals surface area (Å²) in [4.78, 5) is 0. The van der Waals surface area contributed by atoms with E-state index in [9.17, 15) is 0 Å². The minimum absolute atomic E-state index is 0.787. The van der Waals surface area contributed by atoms with E-state index in [1.54, 1.807) is 0 Å². The smallest absolute Gasteiger partial charge is 0.124 e. The Morgan fingerprint density at radius 1 is 0.913 bits per heavy atom. The van der Waals surface area contributed by atoms with E-state index in [0.717, 1.165) is 25.3 Å². The van der Waals surface area contributed by atoms with Crippen molar-refractivity contribution >= 4 is 5.69 Å². The van der Waals surface area contributed by atoms with Crippen LogP contribution in [0.15, 0.2) is 42.5 Å². The van der Waals surface area contributed by atoms with Gasteiger partial charge < -0.3 is 10.1 Å². The number of anilines is 1. The zero-order valence-corrected chi connectivity index (χ0v) is 14.7. The number of para-hydroxylation sites is 1. The van der Waals surface area contributed by atoms with E-state index in [2.05, 4.69) is 62.5 Å². The van der Waals surface area contributed by atoms with Crippen molar-refractivity contribution < 1.29 is 4.74 Å². The van der Waals surface area contributed by atoms with Crippen LogP contribution in [0, 0.1) is 13.8 Å². The van der Waals surface area contributed by atoms with Gasteiger partial charge in [-0.25, -0.2) is 0 Å². The van der Waals surface area contributed by atoms with Crippen molar-refractivity contribution in [2.75, 3.05) is 11.9 Å². The maximum absolute atomic E-state index is 5.99. The topological polar surface area (TPSA) is 21.3 Å². The van der Waals surface area contributed by atoms with Crippen LogP contribution in [-0.2, 0) is 6.54 Å². The summed E-state index contributed by atoms with van der Waals surface area (Å²) in [5, 5.41) is 3.54.